The second-order valence-electron chi connectivity index (χ2n) is 7.12. The molecule has 0 saturated carbocycles. The van der Waals surface area contributed by atoms with E-state index in [1.807, 2.05) is 24.3 Å². The van der Waals surface area contributed by atoms with Crippen LogP contribution in [0.15, 0.2) is 53.1 Å². The summed E-state index contributed by atoms with van der Waals surface area (Å²) in [4.78, 5) is 18.8. The SMILES string of the molecule is CC(C)c1ccc(N2C[C@H](c3nc(-c4cccc(Cl)c4)no3)CC2=O)cc1. The predicted octanol–water partition coefficient (Wildman–Crippen LogP) is 5.03. The Balaban J connectivity index is 1.52. The van der Waals surface area contributed by atoms with E-state index in [1.54, 1.807) is 17.0 Å². The molecule has 1 fully saturated rings. The van der Waals surface area contributed by atoms with Crippen molar-refractivity contribution in [2.75, 3.05) is 11.4 Å². The highest BCUT2D eigenvalue weighted by Crippen LogP contribution is 2.32. The molecule has 1 aromatic heterocycles. The monoisotopic (exact) mass is 381 g/mol. The van der Waals surface area contributed by atoms with Gasteiger partial charge in [-0.15, -0.1) is 0 Å². The van der Waals surface area contributed by atoms with Crippen molar-refractivity contribution in [3.05, 3.63) is 65.0 Å². The molecule has 5 nitrogen and oxygen atoms in total. The summed E-state index contributed by atoms with van der Waals surface area (Å²) in [5.74, 6) is 1.39. The van der Waals surface area contributed by atoms with Gasteiger partial charge in [-0.3, -0.25) is 4.79 Å². The molecule has 0 spiro atoms. The van der Waals surface area contributed by atoms with E-state index >= 15 is 0 Å². The van der Waals surface area contributed by atoms with E-state index in [1.165, 1.54) is 5.56 Å². The molecule has 1 amide bonds. The molecule has 0 N–H and O–H groups in total. The van der Waals surface area contributed by atoms with Gasteiger partial charge in [-0.05, 0) is 35.7 Å². The average Bonchev–Trinajstić information content (AvgIpc) is 3.29. The van der Waals surface area contributed by atoms with Crippen molar-refractivity contribution in [3.8, 4) is 11.4 Å². The quantitative estimate of drug-likeness (QED) is 0.635. The highest BCUT2D eigenvalue weighted by molar-refractivity contribution is 6.30. The van der Waals surface area contributed by atoms with E-state index in [9.17, 15) is 4.79 Å². The zero-order valence-corrected chi connectivity index (χ0v) is 16.0. The first-order valence-corrected chi connectivity index (χ1v) is 9.39. The second kappa shape index (κ2) is 7.16. The van der Waals surface area contributed by atoms with Gasteiger partial charge in [0.15, 0.2) is 0 Å². The van der Waals surface area contributed by atoms with Crippen LogP contribution < -0.4 is 4.90 Å². The fourth-order valence-corrected chi connectivity index (χ4v) is 3.50. The molecule has 2 heterocycles. The van der Waals surface area contributed by atoms with E-state index in [0.29, 0.717) is 35.6 Å². The summed E-state index contributed by atoms with van der Waals surface area (Å²) in [5.41, 5.74) is 2.95. The van der Waals surface area contributed by atoms with Crippen molar-refractivity contribution in [2.45, 2.75) is 32.1 Å². The fraction of sp³-hybridized carbons (Fsp3) is 0.286. The third-order valence-electron chi connectivity index (χ3n) is 4.87. The second-order valence-corrected chi connectivity index (χ2v) is 7.55. The number of rotatable bonds is 4. The number of amides is 1. The van der Waals surface area contributed by atoms with Crippen LogP contribution in [-0.2, 0) is 4.79 Å². The Hall–Kier alpha value is -2.66. The summed E-state index contributed by atoms with van der Waals surface area (Å²) >= 11 is 6.03. The minimum atomic E-state index is -0.109. The predicted molar refractivity (Wildman–Crippen MR) is 105 cm³/mol. The zero-order chi connectivity index (χ0) is 19.0. The maximum Gasteiger partial charge on any atom is 0.232 e. The van der Waals surface area contributed by atoms with Crippen molar-refractivity contribution >= 4 is 23.2 Å². The Morgan fingerprint density at radius 3 is 2.67 bits per heavy atom. The summed E-state index contributed by atoms with van der Waals surface area (Å²) in [7, 11) is 0. The molecular weight excluding hydrogens is 362 g/mol. The van der Waals surface area contributed by atoms with Crippen LogP contribution in [0.3, 0.4) is 0 Å². The molecule has 0 unspecified atom stereocenters. The zero-order valence-electron chi connectivity index (χ0n) is 15.2. The lowest BCUT2D eigenvalue weighted by atomic mass is 10.0. The van der Waals surface area contributed by atoms with E-state index in [-0.39, 0.29) is 11.8 Å². The van der Waals surface area contributed by atoms with Gasteiger partial charge in [0.2, 0.25) is 17.6 Å². The summed E-state index contributed by atoms with van der Waals surface area (Å²) < 4.78 is 5.44. The van der Waals surface area contributed by atoms with Crippen LogP contribution in [-0.4, -0.2) is 22.6 Å². The van der Waals surface area contributed by atoms with E-state index in [4.69, 9.17) is 16.1 Å². The number of carbonyl (C=O) groups is 1. The molecule has 6 heteroatoms. The molecule has 0 bridgehead atoms. The van der Waals surface area contributed by atoms with Gasteiger partial charge >= 0.3 is 0 Å². The Morgan fingerprint density at radius 1 is 1.19 bits per heavy atom. The summed E-state index contributed by atoms with van der Waals surface area (Å²) in [6, 6.07) is 15.5. The van der Waals surface area contributed by atoms with E-state index in [2.05, 4.69) is 36.1 Å². The highest BCUT2D eigenvalue weighted by atomic mass is 35.5. The fourth-order valence-electron chi connectivity index (χ4n) is 3.31. The molecule has 1 aliphatic heterocycles. The third kappa shape index (κ3) is 3.60. The highest BCUT2D eigenvalue weighted by Gasteiger charge is 2.35. The van der Waals surface area contributed by atoms with Gasteiger partial charge in [0.25, 0.3) is 0 Å². The minimum Gasteiger partial charge on any atom is -0.339 e. The smallest absolute Gasteiger partial charge is 0.232 e. The maximum atomic E-state index is 12.5. The molecule has 1 saturated heterocycles. The Labute approximate surface area is 163 Å². The number of nitrogens with zero attached hydrogens (tertiary/aromatic N) is 3. The van der Waals surface area contributed by atoms with Crippen LogP contribution in [0.5, 0.6) is 0 Å². The summed E-state index contributed by atoms with van der Waals surface area (Å²) in [6.45, 7) is 4.84. The first kappa shape index (κ1) is 17.7. The first-order valence-electron chi connectivity index (χ1n) is 9.01. The van der Waals surface area contributed by atoms with Crippen LogP contribution in [0, 0.1) is 0 Å². The van der Waals surface area contributed by atoms with Gasteiger partial charge in [-0.2, -0.15) is 4.98 Å². The molecular formula is C21H20ClN3O2. The number of anilines is 1. The van der Waals surface area contributed by atoms with Gasteiger partial charge in [-0.1, -0.05) is 54.9 Å². The van der Waals surface area contributed by atoms with Crippen molar-refractivity contribution in [1.29, 1.82) is 0 Å². The Kier molecular flexibility index (Phi) is 4.70. The van der Waals surface area contributed by atoms with Gasteiger partial charge in [0.05, 0.1) is 5.92 Å². The molecule has 4 rings (SSSR count). The molecule has 3 aromatic rings. The Bertz CT molecular complexity index is 966. The molecule has 138 valence electrons. The number of halogens is 1. The lowest BCUT2D eigenvalue weighted by Gasteiger charge is -2.17. The summed E-state index contributed by atoms with van der Waals surface area (Å²) in [6.07, 6.45) is 0.364. The molecule has 27 heavy (non-hydrogen) atoms. The molecule has 0 aliphatic carbocycles. The van der Waals surface area contributed by atoms with Crippen LogP contribution in [0.25, 0.3) is 11.4 Å². The lowest BCUT2D eigenvalue weighted by molar-refractivity contribution is -0.117. The minimum absolute atomic E-state index is 0.0693. The Morgan fingerprint density at radius 2 is 1.96 bits per heavy atom. The van der Waals surface area contributed by atoms with Crippen LogP contribution in [0.2, 0.25) is 5.02 Å². The number of benzene rings is 2. The topological polar surface area (TPSA) is 59.2 Å². The molecule has 2 aromatic carbocycles. The van der Waals surface area contributed by atoms with Crippen molar-refractivity contribution < 1.29 is 9.32 Å². The standard InChI is InChI=1S/C21H20ClN3O2/c1-13(2)14-6-8-18(9-7-14)25-12-16(11-19(25)26)21-23-20(24-27-21)15-4-3-5-17(22)10-15/h3-10,13,16H,11-12H2,1-2H3/t16-/m1/s1. The van der Waals surface area contributed by atoms with Crippen LogP contribution >= 0.6 is 11.6 Å². The number of aromatic nitrogens is 2. The van der Waals surface area contributed by atoms with Crippen molar-refractivity contribution in [1.82, 2.24) is 10.1 Å². The normalized spacial score (nSPS) is 17.1. The first-order chi connectivity index (χ1) is 13.0. The molecule has 1 atom stereocenters. The van der Waals surface area contributed by atoms with E-state index in [0.717, 1.165) is 11.3 Å². The average molecular weight is 382 g/mol. The largest absolute Gasteiger partial charge is 0.339 e. The van der Waals surface area contributed by atoms with Gasteiger partial charge in [0.1, 0.15) is 0 Å². The van der Waals surface area contributed by atoms with Gasteiger partial charge in [-0.25, -0.2) is 0 Å². The maximum absolute atomic E-state index is 12.5. The molecule has 0 radical (unpaired) electrons. The van der Waals surface area contributed by atoms with Crippen LogP contribution in [0.4, 0.5) is 5.69 Å². The third-order valence-corrected chi connectivity index (χ3v) is 5.11. The number of hydrogen-bond donors (Lipinski definition) is 0. The van der Waals surface area contributed by atoms with Crippen molar-refractivity contribution in [2.24, 2.45) is 0 Å². The van der Waals surface area contributed by atoms with Crippen molar-refractivity contribution in [3.63, 3.8) is 0 Å². The lowest BCUT2D eigenvalue weighted by Crippen LogP contribution is -2.24. The summed E-state index contributed by atoms with van der Waals surface area (Å²) in [5, 5.41) is 4.67. The van der Waals surface area contributed by atoms with E-state index < -0.39 is 0 Å². The number of carbonyl (C=O) groups excluding carboxylic acids is 1. The molecule has 1 aliphatic rings. The number of hydrogen-bond acceptors (Lipinski definition) is 4. The van der Waals surface area contributed by atoms with Gasteiger partial charge in [0, 0.05) is 29.2 Å². The van der Waals surface area contributed by atoms with Gasteiger partial charge < -0.3 is 9.42 Å². The van der Waals surface area contributed by atoms with Crippen LogP contribution in [0.1, 0.15) is 43.6 Å².